The normalized spacial score (nSPS) is 17.6. The maximum absolute atomic E-state index is 9.43. The molecule has 0 spiro atoms. The van der Waals surface area contributed by atoms with Crippen molar-refractivity contribution >= 4 is 17.3 Å². The summed E-state index contributed by atoms with van der Waals surface area (Å²) in [6.45, 7) is 1.96. The fourth-order valence-electron chi connectivity index (χ4n) is 2.70. The van der Waals surface area contributed by atoms with Gasteiger partial charge in [0.15, 0.2) is 0 Å². The van der Waals surface area contributed by atoms with Crippen molar-refractivity contribution in [3.05, 3.63) is 52.7 Å². The molecular formula is C17H16ClN3O2. The van der Waals surface area contributed by atoms with E-state index in [9.17, 15) is 5.26 Å². The van der Waals surface area contributed by atoms with Crippen molar-refractivity contribution in [3.8, 4) is 11.9 Å². The summed E-state index contributed by atoms with van der Waals surface area (Å²) in [7, 11) is 1.52. The third-order valence-electron chi connectivity index (χ3n) is 3.85. The Bertz CT molecular complexity index is 728. The number of anilines is 1. The number of pyridine rings is 1. The van der Waals surface area contributed by atoms with Crippen molar-refractivity contribution in [1.82, 2.24) is 4.98 Å². The third kappa shape index (κ3) is 3.24. The van der Waals surface area contributed by atoms with Crippen molar-refractivity contribution < 1.29 is 9.47 Å². The Morgan fingerprint density at radius 1 is 1.35 bits per heavy atom. The van der Waals surface area contributed by atoms with Crippen LogP contribution in [0.4, 0.5) is 5.69 Å². The summed E-state index contributed by atoms with van der Waals surface area (Å²) in [5, 5.41) is 10.1. The van der Waals surface area contributed by atoms with Gasteiger partial charge in [-0.15, -0.1) is 0 Å². The first-order valence-corrected chi connectivity index (χ1v) is 7.66. The second kappa shape index (κ2) is 6.86. The molecule has 5 nitrogen and oxygen atoms in total. The van der Waals surface area contributed by atoms with E-state index in [1.165, 1.54) is 7.11 Å². The smallest absolute Gasteiger partial charge is 0.233 e. The molecule has 6 heteroatoms. The van der Waals surface area contributed by atoms with Crippen molar-refractivity contribution in [2.75, 3.05) is 31.7 Å². The number of hydrogen-bond acceptors (Lipinski definition) is 5. The van der Waals surface area contributed by atoms with E-state index >= 15 is 0 Å². The highest BCUT2D eigenvalue weighted by Crippen LogP contribution is 2.31. The summed E-state index contributed by atoms with van der Waals surface area (Å²) in [4.78, 5) is 6.22. The molecule has 0 unspecified atom stereocenters. The summed E-state index contributed by atoms with van der Waals surface area (Å²) >= 11 is 5.94. The molecule has 0 bridgehead atoms. The number of halogens is 1. The number of morpholine rings is 1. The van der Waals surface area contributed by atoms with Crippen LogP contribution in [0, 0.1) is 11.3 Å². The largest absolute Gasteiger partial charge is 0.480 e. The van der Waals surface area contributed by atoms with Gasteiger partial charge in [0.2, 0.25) is 5.88 Å². The number of benzene rings is 1. The first-order chi connectivity index (χ1) is 11.2. The molecule has 1 aromatic heterocycles. The summed E-state index contributed by atoms with van der Waals surface area (Å²) in [5.74, 6) is 0.347. The minimum Gasteiger partial charge on any atom is -0.480 e. The molecule has 0 saturated carbocycles. The van der Waals surface area contributed by atoms with Gasteiger partial charge in [-0.3, -0.25) is 0 Å². The van der Waals surface area contributed by atoms with Crippen LogP contribution in [0.5, 0.6) is 5.88 Å². The van der Waals surface area contributed by atoms with Crippen LogP contribution in [0.3, 0.4) is 0 Å². The molecule has 0 amide bonds. The summed E-state index contributed by atoms with van der Waals surface area (Å²) in [6, 6.07) is 11.7. The minimum atomic E-state index is -0.0632. The van der Waals surface area contributed by atoms with Crippen LogP contribution in [0.1, 0.15) is 17.2 Å². The lowest BCUT2D eigenvalue weighted by Gasteiger charge is -2.35. The Morgan fingerprint density at radius 3 is 2.83 bits per heavy atom. The van der Waals surface area contributed by atoms with E-state index in [1.807, 2.05) is 30.3 Å². The molecule has 118 valence electrons. The molecule has 2 aromatic rings. The van der Waals surface area contributed by atoms with Gasteiger partial charge in [-0.25, -0.2) is 4.98 Å². The third-order valence-corrected chi connectivity index (χ3v) is 4.10. The van der Waals surface area contributed by atoms with E-state index in [2.05, 4.69) is 16.0 Å². The van der Waals surface area contributed by atoms with Crippen LogP contribution in [-0.2, 0) is 4.74 Å². The number of nitriles is 1. The van der Waals surface area contributed by atoms with Gasteiger partial charge in [0.1, 0.15) is 17.7 Å². The molecule has 23 heavy (non-hydrogen) atoms. The van der Waals surface area contributed by atoms with Crippen LogP contribution >= 0.6 is 11.6 Å². The quantitative estimate of drug-likeness (QED) is 0.865. The number of methoxy groups -OCH3 is 1. The number of aromatic nitrogens is 1. The second-order valence-electron chi connectivity index (χ2n) is 5.18. The minimum absolute atomic E-state index is 0.0632. The van der Waals surface area contributed by atoms with Gasteiger partial charge in [-0.2, -0.15) is 5.26 Å². The highest BCUT2D eigenvalue weighted by atomic mass is 35.5. The van der Waals surface area contributed by atoms with E-state index < -0.39 is 0 Å². The standard InChI is InChI=1S/C17H16ClN3O2/c1-22-17-14(10-19)15(6-7-20-17)21-8-9-23-16(11-21)12-2-4-13(18)5-3-12/h2-7,16H,8-9,11H2,1H3/t16-/m1/s1. The fraction of sp³-hybridized carbons (Fsp3) is 0.294. The van der Waals surface area contributed by atoms with Gasteiger partial charge in [-0.05, 0) is 23.8 Å². The summed E-state index contributed by atoms with van der Waals surface area (Å²) < 4.78 is 11.1. The predicted octanol–water partition coefficient (Wildman–Crippen LogP) is 3.19. The topological polar surface area (TPSA) is 58.4 Å². The van der Waals surface area contributed by atoms with Gasteiger partial charge in [0.05, 0.1) is 19.4 Å². The zero-order valence-corrected chi connectivity index (χ0v) is 13.5. The lowest BCUT2D eigenvalue weighted by molar-refractivity contribution is 0.0397. The van der Waals surface area contributed by atoms with Crippen LogP contribution < -0.4 is 9.64 Å². The predicted molar refractivity (Wildman–Crippen MR) is 87.9 cm³/mol. The zero-order valence-electron chi connectivity index (χ0n) is 12.7. The SMILES string of the molecule is COc1nccc(N2CCO[C@@H](c3ccc(Cl)cc3)C2)c1C#N. The molecule has 0 aliphatic carbocycles. The lowest BCUT2D eigenvalue weighted by Crippen LogP contribution is -2.38. The number of hydrogen-bond donors (Lipinski definition) is 0. The van der Waals surface area contributed by atoms with E-state index in [0.29, 0.717) is 36.2 Å². The van der Waals surface area contributed by atoms with E-state index in [0.717, 1.165) is 11.3 Å². The number of rotatable bonds is 3. The zero-order chi connectivity index (χ0) is 16.2. The highest BCUT2D eigenvalue weighted by Gasteiger charge is 2.25. The van der Waals surface area contributed by atoms with Gasteiger partial charge in [0, 0.05) is 24.3 Å². The Labute approximate surface area is 140 Å². The van der Waals surface area contributed by atoms with Crippen molar-refractivity contribution in [1.29, 1.82) is 5.26 Å². The Balaban J connectivity index is 1.87. The molecule has 2 heterocycles. The molecule has 0 N–H and O–H groups in total. The molecular weight excluding hydrogens is 314 g/mol. The van der Waals surface area contributed by atoms with Gasteiger partial charge < -0.3 is 14.4 Å². The summed E-state index contributed by atoms with van der Waals surface area (Å²) in [5.41, 5.74) is 2.34. The second-order valence-corrected chi connectivity index (χ2v) is 5.62. The lowest BCUT2D eigenvalue weighted by atomic mass is 10.1. The van der Waals surface area contributed by atoms with E-state index in [-0.39, 0.29) is 6.10 Å². The molecule has 1 saturated heterocycles. The first kappa shape index (κ1) is 15.6. The Morgan fingerprint density at radius 2 is 2.13 bits per heavy atom. The Hall–Kier alpha value is -2.29. The molecule has 0 radical (unpaired) electrons. The maximum Gasteiger partial charge on any atom is 0.233 e. The first-order valence-electron chi connectivity index (χ1n) is 7.28. The maximum atomic E-state index is 9.43. The Kier molecular flexibility index (Phi) is 4.65. The molecule has 1 aliphatic heterocycles. The van der Waals surface area contributed by atoms with Crippen molar-refractivity contribution in [2.24, 2.45) is 0 Å². The van der Waals surface area contributed by atoms with Gasteiger partial charge >= 0.3 is 0 Å². The molecule has 1 atom stereocenters. The van der Waals surface area contributed by atoms with Crippen LogP contribution in [0.15, 0.2) is 36.5 Å². The molecule has 1 aromatic carbocycles. The van der Waals surface area contributed by atoms with Crippen molar-refractivity contribution in [2.45, 2.75) is 6.10 Å². The average Bonchev–Trinajstić information content (AvgIpc) is 2.61. The summed E-state index contributed by atoms with van der Waals surface area (Å²) in [6.07, 6.45) is 1.59. The van der Waals surface area contributed by atoms with E-state index in [4.69, 9.17) is 21.1 Å². The fourth-order valence-corrected chi connectivity index (χ4v) is 2.83. The van der Waals surface area contributed by atoms with Crippen LogP contribution in [-0.4, -0.2) is 31.8 Å². The highest BCUT2D eigenvalue weighted by molar-refractivity contribution is 6.30. The monoisotopic (exact) mass is 329 g/mol. The molecule has 1 fully saturated rings. The van der Waals surface area contributed by atoms with Crippen LogP contribution in [0.25, 0.3) is 0 Å². The number of ether oxygens (including phenoxy) is 2. The van der Waals surface area contributed by atoms with Crippen molar-refractivity contribution in [3.63, 3.8) is 0 Å². The number of nitrogens with zero attached hydrogens (tertiary/aromatic N) is 3. The van der Waals surface area contributed by atoms with Crippen LogP contribution in [0.2, 0.25) is 5.02 Å². The van der Waals surface area contributed by atoms with E-state index in [1.54, 1.807) is 6.20 Å². The molecule has 3 rings (SSSR count). The average molecular weight is 330 g/mol. The van der Waals surface area contributed by atoms with Gasteiger partial charge in [0.25, 0.3) is 0 Å². The van der Waals surface area contributed by atoms with Gasteiger partial charge in [-0.1, -0.05) is 23.7 Å². The molecule has 1 aliphatic rings.